The smallest absolute Gasteiger partial charge is 0.337 e. The number of rotatable bonds is 6. The summed E-state index contributed by atoms with van der Waals surface area (Å²) in [6.07, 6.45) is 2.42. The molecule has 0 amide bonds. The van der Waals surface area contributed by atoms with E-state index in [4.69, 9.17) is 16.7 Å². The minimum atomic E-state index is -1.04. The SMILES string of the molecule is CN(C)CCCN(C)c1nccc(C(=O)O)c1Cl. The topological polar surface area (TPSA) is 56.7 Å². The highest BCUT2D eigenvalue weighted by Gasteiger charge is 2.15. The molecule has 18 heavy (non-hydrogen) atoms. The first-order valence-corrected chi connectivity index (χ1v) is 6.05. The highest BCUT2D eigenvalue weighted by atomic mass is 35.5. The van der Waals surface area contributed by atoms with Crippen LogP contribution >= 0.6 is 11.6 Å². The molecule has 5 nitrogen and oxygen atoms in total. The van der Waals surface area contributed by atoms with Crippen LogP contribution in [-0.4, -0.2) is 55.2 Å². The number of aromatic carboxylic acids is 1. The molecule has 1 aromatic heterocycles. The summed E-state index contributed by atoms with van der Waals surface area (Å²) in [6.45, 7) is 1.73. The zero-order valence-electron chi connectivity index (χ0n) is 10.9. The van der Waals surface area contributed by atoms with Crippen molar-refractivity contribution in [2.45, 2.75) is 6.42 Å². The molecule has 100 valence electrons. The number of pyridine rings is 1. The van der Waals surface area contributed by atoms with Crippen LogP contribution in [0.1, 0.15) is 16.8 Å². The quantitative estimate of drug-likeness (QED) is 0.855. The zero-order chi connectivity index (χ0) is 13.7. The normalized spacial score (nSPS) is 10.7. The molecule has 0 saturated heterocycles. The minimum absolute atomic E-state index is 0.0844. The van der Waals surface area contributed by atoms with Crippen LogP contribution in [0.5, 0.6) is 0 Å². The fraction of sp³-hybridized carbons (Fsp3) is 0.500. The van der Waals surface area contributed by atoms with Gasteiger partial charge in [-0.25, -0.2) is 9.78 Å². The predicted octanol–water partition coefficient (Wildman–Crippen LogP) is 1.82. The lowest BCUT2D eigenvalue weighted by Gasteiger charge is -2.20. The summed E-state index contributed by atoms with van der Waals surface area (Å²) in [5.74, 6) is -0.527. The molecule has 0 radical (unpaired) electrons. The second kappa shape index (κ2) is 6.56. The summed E-state index contributed by atoms with van der Waals surface area (Å²) < 4.78 is 0. The van der Waals surface area contributed by atoms with Gasteiger partial charge in [-0.2, -0.15) is 0 Å². The molecule has 0 aliphatic carbocycles. The van der Waals surface area contributed by atoms with Gasteiger partial charge in [0.15, 0.2) is 0 Å². The summed E-state index contributed by atoms with van der Waals surface area (Å²) in [5, 5.41) is 9.18. The fourth-order valence-electron chi connectivity index (χ4n) is 1.59. The van der Waals surface area contributed by atoms with Crippen molar-refractivity contribution < 1.29 is 9.90 Å². The Kier molecular flexibility index (Phi) is 5.37. The Labute approximate surface area is 112 Å². The van der Waals surface area contributed by atoms with E-state index in [0.29, 0.717) is 5.82 Å². The average molecular weight is 272 g/mol. The fourth-order valence-corrected chi connectivity index (χ4v) is 1.93. The number of halogens is 1. The van der Waals surface area contributed by atoms with Crippen molar-refractivity contribution in [1.29, 1.82) is 0 Å². The Morgan fingerprint density at radius 3 is 2.61 bits per heavy atom. The molecule has 0 aliphatic rings. The zero-order valence-corrected chi connectivity index (χ0v) is 11.6. The lowest BCUT2D eigenvalue weighted by atomic mass is 10.2. The van der Waals surface area contributed by atoms with E-state index in [1.54, 1.807) is 0 Å². The number of hydrogen-bond acceptors (Lipinski definition) is 4. The van der Waals surface area contributed by atoms with Gasteiger partial charge >= 0.3 is 5.97 Å². The highest BCUT2D eigenvalue weighted by Crippen LogP contribution is 2.26. The number of carboxylic acid groups (broad SMARTS) is 1. The van der Waals surface area contributed by atoms with Crippen molar-refractivity contribution >= 4 is 23.4 Å². The van der Waals surface area contributed by atoms with E-state index < -0.39 is 5.97 Å². The van der Waals surface area contributed by atoms with Crippen LogP contribution < -0.4 is 4.90 Å². The van der Waals surface area contributed by atoms with Crippen LogP contribution in [-0.2, 0) is 0 Å². The van der Waals surface area contributed by atoms with Gasteiger partial charge in [0.25, 0.3) is 0 Å². The molecule has 0 aliphatic heterocycles. The molecule has 0 unspecified atom stereocenters. The second-order valence-corrected chi connectivity index (χ2v) is 4.76. The van der Waals surface area contributed by atoms with Crippen molar-refractivity contribution in [3.8, 4) is 0 Å². The maximum absolute atomic E-state index is 11.0. The van der Waals surface area contributed by atoms with Crippen LogP contribution in [0.4, 0.5) is 5.82 Å². The largest absolute Gasteiger partial charge is 0.478 e. The lowest BCUT2D eigenvalue weighted by Crippen LogP contribution is -2.24. The maximum atomic E-state index is 11.0. The first kappa shape index (κ1) is 14.7. The van der Waals surface area contributed by atoms with E-state index in [9.17, 15) is 4.79 Å². The number of hydrogen-bond donors (Lipinski definition) is 1. The summed E-state index contributed by atoms with van der Waals surface area (Å²) in [4.78, 5) is 19.1. The van der Waals surface area contributed by atoms with Crippen LogP contribution in [0.15, 0.2) is 12.3 Å². The molecule has 1 N–H and O–H groups in total. The molecule has 1 rings (SSSR count). The van der Waals surface area contributed by atoms with Crippen LogP contribution in [0.25, 0.3) is 0 Å². The Morgan fingerprint density at radius 2 is 2.06 bits per heavy atom. The molecular weight excluding hydrogens is 254 g/mol. The minimum Gasteiger partial charge on any atom is -0.478 e. The van der Waals surface area contributed by atoms with Crippen molar-refractivity contribution in [3.05, 3.63) is 22.8 Å². The third-order valence-electron chi connectivity index (χ3n) is 2.56. The Hall–Kier alpha value is -1.33. The van der Waals surface area contributed by atoms with E-state index in [1.165, 1.54) is 12.3 Å². The summed E-state index contributed by atoms with van der Waals surface area (Å²) >= 11 is 6.04. The molecule has 0 bridgehead atoms. The van der Waals surface area contributed by atoms with Gasteiger partial charge in [0.05, 0.1) is 10.6 Å². The van der Waals surface area contributed by atoms with E-state index >= 15 is 0 Å². The predicted molar refractivity (Wildman–Crippen MR) is 72.6 cm³/mol. The number of aromatic nitrogens is 1. The van der Waals surface area contributed by atoms with Crippen molar-refractivity contribution in [2.75, 3.05) is 39.1 Å². The molecular formula is C12H18ClN3O2. The molecule has 0 aromatic carbocycles. The van der Waals surface area contributed by atoms with Crippen molar-refractivity contribution in [1.82, 2.24) is 9.88 Å². The summed E-state index contributed by atoms with van der Waals surface area (Å²) in [5.41, 5.74) is 0.0844. The standard InChI is InChI=1S/C12H18ClN3O2/c1-15(2)7-4-8-16(3)11-10(13)9(12(17)18)5-6-14-11/h5-6H,4,7-8H2,1-3H3,(H,17,18). The van der Waals surface area contributed by atoms with Crippen molar-refractivity contribution in [3.63, 3.8) is 0 Å². The van der Waals surface area contributed by atoms with E-state index in [-0.39, 0.29) is 10.6 Å². The van der Waals surface area contributed by atoms with E-state index in [0.717, 1.165) is 19.5 Å². The molecule has 6 heteroatoms. The Balaban J connectivity index is 2.76. The van der Waals surface area contributed by atoms with Gasteiger partial charge in [-0.15, -0.1) is 0 Å². The number of anilines is 1. The molecule has 1 aromatic rings. The molecule has 0 fully saturated rings. The van der Waals surface area contributed by atoms with Gasteiger partial charge in [0.2, 0.25) is 0 Å². The van der Waals surface area contributed by atoms with Gasteiger partial charge in [0.1, 0.15) is 5.82 Å². The van der Waals surface area contributed by atoms with Crippen LogP contribution in [0, 0.1) is 0 Å². The van der Waals surface area contributed by atoms with Gasteiger partial charge in [-0.05, 0) is 33.1 Å². The Morgan fingerprint density at radius 1 is 1.39 bits per heavy atom. The van der Waals surface area contributed by atoms with Gasteiger partial charge in [-0.3, -0.25) is 0 Å². The average Bonchev–Trinajstić information content (AvgIpc) is 2.28. The number of carboxylic acids is 1. The van der Waals surface area contributed by atoms with Crippen LogP contribution in [0.2, 0.25) is 5.02 Å². The van der Waals surface area contributed by atoms with Gasteiger partial charge in [-0.1, -0.05) is 11.6 Å². The van der Waals surface area contributed by atoms with Crippen molar-refractivity contribution in [2.24, 2.45) is 0 Å². The molecule has 0 saturated carbocycles. The van der Waals surface area contributed by atoms with E-state index in [2.05, 4.69) is 9.88 Å². The lowest BCUT2D eigenvalue weighted by molar-refractivity contribution is 0.0697. The first-order valence-electron chi connectivity index (χ1n) is 5.67. The first-order chi connectivity index (χ1) is 8.43. The maximum Gasteiger partial charge on any atom is 0.337 e. The molecule has 0 atom stereocenters. The summed E-state index contributed by atoms with van der Waals surface area (Å²) in [6, 6.07) is 1.40. The number of carbonyl (C=O) groups is 1. The Bertz CT molecular complexity index is 424. The molecule has 1 heterocycles. The second-order valence-electron chi connectivity index (χ2n) is 4.38. The van der Waals surface area contributed by atoms with Crippen LogP contribution in [0.3, 0.4) is 0 Å². The monoisotopic (exact) mass is 271 g/mol. The third-order valence-corrected chi connectivity index (χ3v) is 2.93. The summed E-state index contributed by atoms with van der Waals surface area (Å²) in [7, 11) is 5.88. The number of nitrogens with zero attached hydrogens (tertiary/aromatic N) is 3. The highest BCUT2D eigenvalue weighted by molar-refractivity contribution is 6.35. The molecule has 0 spiro atoms. The van der Waals surface area contributed by atoms with Gasteiger partial charge < -0.3 is 14.9 Å². The third kappa shape index (κ3) is 3.85. The van der Waals surface area contributed by atoms with E-state index in [1.807, 2.05) is 26.0 Å². The van der Waals surface area contributed by atoms with Gasteiger partial charge in [0, 0.05) is 19.8 Å².